The minimum Gasteiger partial charge on any atom is -0.495 e. The first-order chi connectivity index (χ1) is 10.0. The smallest absolute Gasteiger partial charge is 0.141 e. The molecule has 1 N–H and O–H groups in total. The lowest BCUT2D eigenvalue weighted by Gasteiger charge is -2.20. The van der Waals surface area contributed by atoms with Crippen LogP contribution in [0.15, 0.2) is 30.3 Å². The Morgan fingerprint density at radius 2 is 1.52 bits per heavy atom. The lowest BCUT2D eigenvalue weighted by atomic mass is 9.97. The maximum absolute atomic E-state index is 10.7. The van der Waals surface area contributed by atoms with Crippen LogP contribution in [0.25, 0.3) is 0 Å². The van der Waals surface area contributed by atoms with Crippen LogP contribution in [0.4, 0.5) is 0 Å². The van der Waals surface area contributed by atoms with Gasteiger partial charge in [0.15, 0.2) is 0 Å². The van der Waals surface area contributed by atoms with Gasteiger partial charge < -0.3 is 14.6 Å². The van der Waals surface area contributed by atoms with Crippen LogP contribution in [-0.2, 0) is 0 Å². The highest BCUT2D eigenvalue weighted by atomic mass is 35.5. The Hall–Kier alpha value is -1.42. The Labute approximate surface area is 134 Å². The number of methoxy groups -OCH3 is 2. The zero-order chi connectivity index (χ0) is 15.6. The molecule has 2 rings (SSSR count). The van der Waals surface area contributed by atoms with Gasteiger partial charge in [-0.1, -0.05) is 47.5 Å². The van der Waals surface area contributed by atoms with E-state index in [0.29, 0.717) is 17.1 Å². The maximum atomic E-state index is 10.7. The van der Waals surface area contributed by atoms with Crippen molar-refractivity contribution < 1.29 is 14.6 Å². The van der Waals surface area contributed by atoms with Gasteiger partial charge in [0.2, 0.25) is 0 Å². The van der Waals surface area contributed by atoms with Crippen molar-refractivity contribution in [1.82, 2.24) is 0 Å². The number of hydrogen-bond acceptors (Lipinski definition) is 3. The lowest BCUT2D eigenvalue weighted by Crippen LogP contribution is -2.05. The zero-order valence-corrected chi connectivity index (χ0v) is 13.5. The van der Waals surface area contributed by atoms with Gasteiger partial charge in [-0.3, -0.25) is 0 Å². The molecule has 1 atom stereocenters. The van der Waals surface area contributed by atoms with Gasteiger partial charge >= 0.3 is 0 Å². The zero-order valence-electron chi connectivity index (χ0n) is 12.0. The average Bonchev–Trinajstić information content (AvgIpc) is 2.48. The van der Waals surface area contributed by atoms with Crippen LogP contribution < -0.4 is 9.47 Å². The minimum absolute atomic E-state index is 0.277. The molecule has 5 heteroatoms. The summed E-state index contributed by atoms with van der Waals surface area (Å²) in [5, 5.41) is 11.2. The van der Waals surface area contributed by atoms with Crippen molar-refractivity contribution in [2.75, 3.05) is 14.2 Å². The van der Waals surface area contributed by atoms with Crippen molar-refractivity contribution >= 4 is 23.2 Å². The number of ether oxygens (including phenoxy) is 2. The van der Waals surface area contributed by atoms with Crippen molar-refractivity contribution in [3.8, 4) is 11.5 Å². The van der Waals surface area contributed by atoms with Crippen LogP contribution in [0, 0.1) is 6.92 Å². The van der Waals surface area contributed by atoms with Crippen LogP contribution >= 0.6 is 23.2 Å². The van der Waals surface area contributed by atoms with Crippen molar-refractivity contribution in [3.63, 3.8) is 0 Å². The molecule has 0 fully saturated rings. The van der Waals surface area contributed by atoms with Crippen molar-refractivity contribution in [2.45, 2.75) is 13.0 Å². The summed E-state index contributed by atoms with van der Waals surface area (Å²) >= 11 is 12.6. The van der Waals surface area contributed by atoms with E-state index in [1.54, 1.807) is 6.07 Å². The summed E-state index contributed by atoms with van der Waals surface area (Å²) in [5.41, 5.74) is 2.05. The number of aryl methyl sites for hydroxylation is 1. The predicted octanol–water partition coefficient (Wildman–Crippen LogP) is 4.40. The van der Waals surface area contributed by atoms with Crippen LogP contribution in [0.3, 0.4) is 0 Å². The molecule has 0 aliphatic heterocycles. The van der Waals surface area contributed by atoms with E-state index >= 15 is 0 Å². The van der Waals surface area contributed by atoms with E-state index in [0.717, 1.165) is 11.1 Å². The molecule has 0 heterocycles. The molecular weight excluding hydrogens is 311 g/mol. The summed E-state index contributed by atoms with van der Waals surface area (Å²) in [6.45, 7) is 1.91. The van der Waals surface area contributed by atoms with Crippen LogP contribution in [0.5, 0.6) is 11.5 Å². The van der Waals surface area contributed by atoms with Gasteiger partial charge in [0.1, 0.15) is 17.6 Å². The second-order valence-corrected chi connectivity index (χ2v) is 5.34. The summed E-state index contributed by atoms with van der Waals surface area (Å²) in [6, 6.07) is 9.10. The second kappa shape index (κ2) is 6.56. The Bertz CT molecular complexity index is 628. The molecule has 0 spiro atoms. The fraction of sp³-hybridized carbons (Fsp3) is 0.250. The van der Waals surface area contributed by atoms with E-state index in [2.05, 4.69) is 0 Å². The van der Waals surface area contributed by atoms with Gasteiger partial charge in [-0.2, -0.15) is 0 Å². The first kappa shape index (κ1) is 16.0. The number of aliphatic hydroxyl groups excluding tert-OH is 1. The van der Waals surface area contributed by atoms with Crippen molar-refractivity contribution in [1.29, 1.82) is 0 Å². The van der Waals surface area contributed by atoms with E-state index in [-0.39, 0.29) is 10.0 Å². The summed E-state index contributed by atoms with van der Waals surface area (Å²) in [5.74, 6) is 0.807. The Morgan fingerprint density at radius 3 is 2.00 bits per heavy atom. The molecule has 3 nitrogen and oxygen atoms in total. The van der Waals surface area contributed by atoms with Crippen LogP contribution in [0.2, 0.25) is 10.0 Å². The molecule has 0 amide bonds. The van der Waals surface area contributed by atoms with Gasteiger partial charge in [0.05, 0.1) is 24.3 Å². The highest BCUT2D eigenvalue weighted by molar-refractivity contribution is 6.38. The molecule has 0 saturated heterocycles. The monoisotopic (exact) mass is 326 g/mol. The molecule has 0 aromatic heterocycles. The SMILES string of the molecule is COc1cc(OC)c(Cl)c(C(O)c2ccccc2C)c1Cl. The molecule has 1 unspecified atom stereocenters. The minimum atomic E-state index is -0.963. The maximum Gasteiger partial charge on any atom is 0.141 e. The first-order valence-electron chi connectivity index (χ1n) is 6.34. The van der Waals surface area contributed by atoms with E-state index in [1.807, 2.05) is 31.2 Å². The van der Waals surface area contributed by atoms with Crippen molar-refractivity contribution in [3.05, 3.63) is 57.1 Å². The van der Waals surface area contributed by atoms with Gasteiger partial charge in [-0.05, 0) is 18.1 Å². The fourth-order valence-corrected chi connectivity index (χ4v) is 2.90. The number of aliphatic hydroxyl groups is 1. The Morgan fingerprint density at radius 1 is 1.00 bits per heavy atom. The third-order valence-electron chi connectivity index (χ3n) is 3.36. The fourth-order valence-electron chi connectivity index (χ4n) is 2.19. The second-order valence-electron chi connectivity index (χ2n) is 4.58. The number of hydrogen-bond donors (Lipinski definition) is 1. The van der Waals surface area contributed by atoms with Gasteiger partial charge in [0, 0.05) is 11.6 Å². The quantitative estimate of drug-likeness (QED) is 0.904. The summed E-state index contributed by atoms with van der Waals surface area (Å²) in [7, 11) is 3.00. The molecule has 0 aliphatic rings. The molecule has 112 valence electrons. The molecule has 0 radical (unpaired) electrons. The Kier molecular flexibility index (Phi) is 4.99. The highest BCUT2D eigenvalue weighted by Gasteiger charge is 2.24. The van der Waals surface area contributed by atoms with Gasteiger partial charge in [0.25, 0.3) is 0 Å². The third-order valence-corrected chi connectivity index (χ3v) is 4.14. The average molecular weight is 327 g/mol. The molecule has 21 heavy (non-hydrogen) atoms. The Balaban J connectivity index is 2.65. The van der Waals surface area contributed by atoms with E-state index < -0.39 is 6.10 Å². The molecule has 2 aromatic rings. The lowest BCUT2D eigenvalue weighted by molar-refractivity contribution is 0.218. The highest BCUT2D eigenvalue weighted by Crippen LogP contribution is 2.45. The largest absolute Gasteiger partial charge is 0.495 e. The van der Waals surface area contributed by atoms with Crippen LogP contribution in [-0.4, -0.2) is 19.3 Å². The molecular formula is C16H16Cl2O3. The number of benzene rings is 2. The van der Waals surface area contributed by atoms with Crippen molar-refractivity contribution in [2.24, 2.45) is 0 Å². The molecule has 0 saturated carbocycles. The van der Waals surface area contributed by atoms with E-state index in [4.69, 9.17) is 32.7 Å². The summed E-state index contributed by atoms with van der Waals surface area (Å²) in [4.78, 5) is 0. The van der Waals surface area contributed by atoms with Gasteiger partial charge in [-0.25, -0.2) is 0 Å². The van der Waals surface area contributed by atoms with E-state index in [1.165, 1.54) is 14.2 Å². The topological polar surface area (TPSA) is 38.7 Å². The normalized spacial score (nSPS) is 12.1. The first-order valence-corrected chi connectivity index (χ1v) is 7.10. The number of rotatable bonds is 4. The summed E-state index contributed by atoms with van der Waals surface area (Å²) < 4.78 is 10.4. The summed E-state index contributed by atoms with van der Waals surface area (Å²) in [6.07, 6.45) is -0.963. The molecule has 0 bridgehead atoms. The molecule has 0 aliphatic carbocycles. The third kappa shape index (κ3) is 2.95. The van der Waals surface area contributed by atoms with Crippen LogP contribution in [0.1, 0.15) is 22.8 Å². The van der Waals surface area contributed by atoms with Gasteiger partial charge in [-0.15, -0.1) is 0 Å². The molecule has 2 aromatic carbocycles. The number of halogens is 2. The van der Waals surface area contributed by atoms with E-state index in [9.17, 15) is 5.11 Å². The predicted molar refractivity (Wildman–Crippen MR) is 84.8 cm³/mol. The standard InChI is InChI=1S/C16H16Cl2O3/c1-9-6-4-5-7-10(9)16(19)13-14(17)11(20-2)8-12(21-3)15(13)18/h4-8,16,19H,1-3H3.